The minimum absolute atomic E-state index is 0.0227. The summed E-state index contributed by atoms with van der Waals surface area (Å²) in [5, 5.41) is 11.4. The van der Waals surface area contributed by atoms with Gasteiger partial charge < -0.3 is 19.2 Å². The number of nitrogens with one attached hydrogen (secondary N) is 1. The first-order chi connectivity index (χ1) is 14.1. The fraction of sp³-hybridized carbons (Fsp3) is 0.350. The Morgan fingerprint density at radius 3 is 2.43 bits per heavy atom. The van der Waals surface area contributed by atoms with Crippen molar-refractivity contribution in [1.29, 1.82) is 0 Å². The van der Waals surface area contributed by atoms with Gasteiger partial charge >= 0.3 is 17.6 Å². The van der Waals surface area contributed by atoms with E-state index in [0.29, 0.717) is 11.3 Å². The molecule has 0 bridgehead atoms. The second-order valence-electron chi connectivity index (χ2n) is 6.40. The highest BCUT2D eigenvalue weighted by Crippen LogP contribution is 2.30. The number of carbonyl (C=O) groups is 3. The van der Waals surface area contributed by atoms with Gasteiger partial charge in [0.05, 0.1) is 35.5 Å². The lowest BCUT2D eigenvalue weighted by molar-refractivity contribution is -0.386. The van der Waals surface area contributed by atoms with Crippen LogP contribution in [-0.4, -0.2) is 47.4 Å². The van der Waals surface area contributed by atoms with Crippen LogP contribution in [0.1, 0.15) is 56.3 Å². The molecule has 1 heterocycles. The predicted octanol–water partition coefficient (Wildman–Crippen LogP) is 3.15. The van der Waals surface area contributed by atoms with Gasteiger partial charge in [-0.2, -0.15) is 0 Å². The number of ketones is 1. The fourth-order valence-corrected chi connectivity index (χ4v) is 2.96. The topological polar surface area (TPSA) is 138 Å². The normalized spacial score (nSPS) is 11.5. The Morgan fingerprint density at radius 1 is 1.20 bits per heavy atom. The average molecular weight is 418 g/mol. The fourth-order valence-electron chi connectivity index (χ4n) is 2.96. The molecular formula is C20H22N2O8. The van der Waals surface area contributed by atoms with E-state index in [4.69, 9.17) is 9.47 Å². The number of benzene rings is 1. The minimum atomic E-state index is -1.11. The van der Waals surface area contributed by atoms with Crippen molar-refractivity contribution < 1.29 is 33.5 Å². The van der Waals surface area contributed by atoms with Crippen LogP contribution in [-0.2, 0) is 9.47 Å². The molecule has 0 radical (unpaired) electrons. The molecular weight excluding hydrogens is 396 g/mol. The second-order valence-corrected chi connectivity index (χ2v) is 6.40. The van der Waals surface area contributed by atoms with E-state index < -0.39 is 34.4 Å². The molecule has 2 aromatic rings. The lowest BCUT2D eigenvalue weighted by atomic mass is 10.1. The zero-order valence-corrected chi connectivity index (χ0v) is 17.2. The SMILES string of the molecule is CCOC(=O)c1c(C)[nH]c(C(=O)[C@@H](C)Oc2ccc(C(=O)OC)cc2[N+](=O)[O-])c1C. The first-order valence-electron chi connectivity index (χ1n) is 9.06. The number of aromatic amines is 1. The highest BCUT2D eigenvalue weighted by Gasteiger charge is 2.28. The Kier molecular flexibility index (Phi) is 6.93. The van der Waals surface area contributed by atoms with Crippen molar-refractivity contribution in [2.24, 2.45) is 0 Å². The van der Waals surface area contributed by atoms with E-state index in [2.05, 4.69) is 9.72 Å². The van der Waals surface area contributed by atoms with Crippen LogP contribution in [0.5, 0.6) is 5.75 Å². The third-order valence-corrected chi connectivity index (χ3v) is 4.41. The molecule has 10 nitrogen and oxygen atoms in total. The first-order valence-corrected chi connectivity index (χ1v) is 9.06. The molecule has 0 aliphatic rings. The van der Waals surface area contributed by atoms with Gasteiger partial charge in [0.15, 0.2) is 11.9 Å². The van der Waals surface area contributed by atoms with Crippen LogP contribution in [0.3, 0.4) is 0 Å². The monoisotopic (exact) mass is 418 g/mol. The van der Waals surface area contributed by atoms with Gasteiger partial charge in [-0.05, 0) is 45.4 Å². The molecule has 0 unspecified atom stereocenters. The van der Waals surface area contributed by atoms with Gasteiger partial charge in [0, 0.05) is 11.8 Å². The molecule has 160 valence electrons. The number of Topliss-reactive ketones (excluding diaryl/α,β-unsaturated/α-hetero) is 1. The number of carbonyl (C=O) groups excluding carboxylic acids is 3. The molecule has 2 rings (SSSR count). The number of hydrogen-bond acceptors (Lipinski definition) is 8. The van der Waals surface area contributed by atoms with E-state index in [0.717, 1.165) is 13.2 Å². The molecule has 0 amide bonds. The van der Waals surface area contributed by atoms with Crippen molar-refractivity contribution in [2.75, 3.05) is 13.7 Å². The van der Waals surface area contributed by atoms with E-state index in [-0.39, 0.29) is 29.2 Å². The zero-order chi connectivity index (χ0) is 22.6. The van der Waals surface area contributed by atoms with Crippen molar-refractivity contribution in [3.05, 3.63) is 56.4 Å². The maximum absolute atomic E-state index is 12.9. The number of aromatic nitrogens is 1. The lowest BCUT2D eigenvalue weighted by Gasteiger charge is -2.14. The van der Waals surface area contributed by atoms with Crippen molar-refractivity contribution in [1.82, 2.24) is 4.98 Å². The summed E-state index contributed by atoms with van der Waals surface area (Å²) in [5.74, 6) is -1.97. The van der Waals surface area contributed by atoms with Crippen LogP contribution < -0.4 is 4.74 Å². The number of rotatable bonds is 8. The van der Waals surface area contributed by atoms with Crippen LogP contribution in [0.2, 0.25) is 0 Å². The summed E-state index contributed by atoms with van der Waals surface area (Å²) in [6.45, 7) is 6.54. The summed E-state index contributed by atoms with van der Waals surface area (Å²) in [6, 6.07) is 3.54. The molecule has 1 aromatic heterocycles. The van der Waals surface area contributed by atoms with E-state index in [1.54, 1.807) is 20.8 Å². The molecule has 0 aliphatic heterocycles. The summed E-state index contributed by atoms with van der Waals surface area (Å²) in [6.07, 6.45) is -1.11. The van der Waals surface area contributed by atoms with E-state index >= 15 is 0 Å². The quantitative estimate of drug-likeness (QED) is 0.299. The molecule has 0 spiro atoms. The lowest BCUT2D eigenvalue weighted by Crippen LogP contribution is -2.25. The predicted molar refractivity (Wildman–Crippen MR) is 105 cm³/mol. The highest BCUT2D eigenvalue weighted by molar-refractivity contribution is 6.03. The van der Waals surface area contributed by atoms with Crippen LogP contribution >= 0.6 is 0 Å². The third kappa shape index (κ3) is 4.48. The number of methoxy groups -OCH3 is 1. The maximum atomic E-state index is 12.9. The van der Waals surface area contributed by atoms with Crippen LogP contribution in [0.4, 0.5) is 5.69 Å². The van der Waals surface area contributed by atoms with Gasteiger partial charge in [-0.3, -0.25) is 14.9 Å². The molecule has 1 atom stereocenters. The van der Waals surface area contributed by atoms with Gasteiger partial charge in [0.1, 0.15) is 0 Å². The van der Waals surface area contributed by atoms with Crippen molar-refractivity contribution >= 4 is 23.4 Å². The highest BCUT2D eigenvalue weighted by atomic mass is 16.6. The number of ether oxygens (including phenoxy) is 3. The molecule has 0 aliphatic carbocycles. The van der Waals surface area contributed by atoms with Gasteiger partial charge in [-0.25, -0.2) is 9.59 Å². The molecule has 1 N–H and O–H groups in total. The number of hydrogen-bond donors (Lipinski definition) is 1. The Hall–Kier alpha value is -3.69. The molecule has 0 saturated carbocycles. The van der Waals surface area contributed by atoms with Gasteiger partial charge in [-0.1, -0.05) is 0 Å². The second kappa shape index (κ2) is 9.21. The van der Waals surface area contributed by atoms with Gasteiger partial charge in [0.25, 0.3) is 0 Å². The van der Waals surface area contributed by atoms with Gasteiger partial charge in [0.2, 0.25) is 5.78 Å². The summed E-state index contributed by atoms with van der Waals surface area (Å²) in [7, 11) is 1.16. The van der Waals surface area contributed by atoms with Crippen molar-refractivity contribution in [2.45, 2.75) is 33.8 Å². The van der Waals surface area contributed by atoms with Gasteiger partial charge in [-0.15, -0.1) is 0 Å². The van der Waals surface area contributed by atoms with E-state index in [1.165, 1.54) is 19.1 Å². The molecule has 10 heteroatoms. The Bertz CT molecular complexity index is 1010. The Balaban J connectivity index is 2.33. The largest absolute Gasteiger partial charge is 0.475 e. The Labute approximate surface area is 172 Å². The van der Waals surface area contributed by atoms with Crippen LogP contribution in [0.15, 0.2) is 18.2 Å². The molecule has 1 aromatic carbocycles. The molecule has 0 fully saturated rings. The van der Waals surface area contributed by atoms with Crippen LogP contribution in [0.25, 0.3) is 0 Å². The summed E-state index contributed by atoms with van der Waals surface area (Å²) < 4.78 is 15.1. The van der Waals surface area contributed by atoms with E-state index in [1.807, 2.05) is 0 Å². The minimum Gasteiger partial charge on any atom is -0.475 e. The summed E-state index contributed by atoms with van der Waals surface area (Å²) in [4.78, 5) is 50.1. The zero-order valence-electron chi connectivity index (χ0n) is 17.2. The summed E-state index contributed by atoms with van der Waals surface area (Å²) in [5.41, 5.74) is 0.782. The number of nitro benzene ring substituents is 1. The van der Waals surface area contributed by atoms with Crippen molar-refractivity contribution in [3.8, 4) is 5.75 Å². The smallest absolute Gasteiger partial charge is 0.340 e. The van der Waals surface area contributed by atoms with Crippen LogP contribution in [0, 0.1) is 24.0 Å². The average Bonchev–Trinajstić information content (AvgIpc) is 3.00. The number of esters is 2. The first kappa shape index (κ1) is 22.6. The number of nitro groups is 1. The molecule has 30 heavy (non-hydrogen) atoms. The van der Waals surface area contributed by atoms with E-state index in [9.17, 15) is 24.5 Å². The molecule has 0 saturated heterocycles. The number of H-pyrrole nitrogens is 1. The third-order valence-electron chi connectivity index (χ3n) is 4.41. The standard InChI is InChI=1S/C20H22N2O8/c1-6-29-20(25)16-10(2)17(21-11(16)3)18(23)12(4)30-15-8-7-13(19(24)28-5)9-14(15)22(26)27/h7-9,12,21H,6H2,1-5H3/t12-/m1/s1. The summed E-state index contributed by atoms with van der Waals surface area (Å²) >= 11 is 0. The number of aryl methyl sites for hydroxylation is 1. The number of nitrogens with zero attached hydrogens (tertiary/aromatic N) is 1. The van der Waals surface area contributed by atoms with Crippen molar-refractivity contribution in [3.63, 3.8) is 0 Å². The maximum Gasteiger partial charge on any atom is 0.340 e. The Morgan fingerprint density at radius 2 is 1.87 bits per heavy atom.